The summed E-state index contributed by atoms with van der Waals surface area (Å²) >= 11 is 3.41. The zero-order chi connectivity index (χ0) is 19.0. The zero-order valence-electron chi connectivity index (χ0n) is 14.2. The maximum atomic E-state index is 12.7. The number of rotatable bonds is 3. The minimum Gasteiger partial charge on any atom is -0.486 e. The third-order valence-corrected chi connectivity index (χ3v) is 4.95. The minimum atomic E-state index is -0.367. The van der Waals surface area contributed by atoms with Gasteiger partial charge in [-0.2, -0.15) is 0 Å². The lowest BCUT2D eigenvalue weighted by Gasteiger charge is -2.20. The Balaban J connectivity index is 1.58. The molecule has 27 heavy (non-hydrogen) atoms. The molecule has 0 unspecified atom stereocenters. The third-order valence-electron chi connectivity index (χ3n) is 4.30. The number of amides is 3. The molecule has 0 atom stereocenters. The Bertz CT molecular complexity index is 943. The Morgan fingerprint density at radius 2 is 1.67 bits per heavy atom. The molecule has 0 bridgehead atoms. The molecular formula is C19H15BrN2O5. The normalized spacial score (nSPS) is 15.8. The van der Waals surface area contributed by atoms with Crippen LogP contribution in [0.15, 0.2) is 40.9 Å². The minimum absolute atomic E-state index is 0.194. The molecule has 2 heterocycles. The average molecular weight is 431 g/mol. The van der Waals surface area contributed by atoms with Gasteiger partial charge < -0.3 is 14.8 Å². The molecule has 4 rings (SSSR count). The average Bonchev–Trinajstić information content (AvgIpc) is 3.00. The van der Waals surface area contributed by atoms with Gasteiger partial charge >= 0.3 is 0 Å². The number of halogens is 1. The number of carbonyl (C=O) groups excluding carboxylic acids is 3. The summed E-state index contributed by atoms with van der Waals surface area (Å²) in [4.78, 5) is 37.6. The molecule has 2 aliphatic heterocycles. The molecule has 2 aliphatic rings. The highest BCUT2D eigenvalue weighted by Gasteiger charge is 2.30. The zero-order valence-corrected chi connectivity index (χ0v) is 15.7. The van der Waals surface area contributed by atoms with Gasteiger partial charge in [0.15, 0.2) is 11.5 Å². The predicted octanol–water partition coefficient (Wildman–Crippen LogP) is 3.13. The van der Waals surface area contributed by atoms with Crippen molar-refractivity contribution in [1.82, 2.24) is 0 Å². The van der Waals surface area contributed by atoms with E-state index >= 15 is 0 Å². The Hall–Kier alpha value is -2.87. The highest BCUT2D eigenvalue weighted by atomic mass is 79.9. The van der Waals surface area contributed by atoms with Gasteiger partial charge in [-0.05, 0) is 34.1 Å². The fourth-order valence-corrected chi connectivity index (χ4v) is 3.43. The summed E-state index contributed by atoms with van der Waals surface area (Å²) in [5, 5.41) is 2.81. The van der Waals surface area contributed by atoms with Crippen molar-refractivity contribution >= 4 is 45.0 Å². The van der Waals surface area contributed by atoms with Crippen LogP contribution in [-0.2, 0) is 9.59 Å². The van der Waals surface area contributed by atoms with E-state index in [1.807, 2.05) is 0 Å². The Kier molecular flexibility index (Phi) is 4.57. The lowest BCUT2D eigenvalue weighted by atomic mass is 10.1. The first-order valence-electron chi connectivity index (χ1n) is 8.39. The summed E-state index contributed by atoms with van der Waals surface area (Å²) in [6, 6.07) is 9.86. The van der Waals surface area contributed by atoms with E-state index in [0.29, 0.717) is 46.1 Å². The second-order valence-electron chi connectivity index (χ2n) is 6.10. The van der Waals surface area contributed by atoms with E-state index in [9.17, 15) is 14.4 Å². The molecule has 0 aromatic heterocycles. The predicted molar refractivity (Wildman–Crippen MR) is 101 cm³/mol. The number of nitrogens with zero attached hydrogens (tertiary/aromatic N) is 1. The number of anilines is 2. The summed E-state index contributed by atoms with van der Waals surface area (Å²) in [6.07, 6.45) is 0.388. The van der Waals surface area contributed by atoms with E-state index in [0.717, 1.165) is 4.90 Å². The number of carbonyl (C=O) groups is 3. The highest BCUT2D eigenvalue weighted by Crippen LogP contribution is 2.38. The van der Waals surface area contributed by atoms with Crippen LogP contribution in [0.5, 0.6) is 11.5 Å². The molecule has 0 saturated carbocycles. The first-order valence-corrected chi connectivity index (χ1v) is 9.18. The van der Waals surface area contributed by atoms with Gasteiger partial charge in [-0.1, -0.05) is 6.07 Å². The van der Waals surface area contributed by atoms with Gasteiger partial charge in [-0.15, -0.1) is 0 Å². The quantitative estimate of drug-likeness (QED) is 0.756. The van der Waals surface area contributed by atoms with Crippen molar-refractivity contribution in [3.05, 3.63) is 46.4 Å². The number of imide groups is 1. The van der Waals surface area contributed by atoms with Crippen molar-refractivity contribution in [3.63, 3.8) is 0 Å². The summed E-state index contributed by atoms with van der Waals surface area (Å²) in [5.41, 5.74) is 1.26. The van der Waals surface area contributed by atoms with Crippen LogP contribution in [0.25, 0.3) is 0 Å². The van der Waals surface area contributed by atoms with Crippen molar-refractivity contribution in [2.45, 2.75) is 12.8 Å². The molecule has 7 nitrogen and oxygen atoms in total. The van der Waals surface area contributed by atoms with Gasteiger partial charge in [0.2, 0.25) is 11.8 Å². The molecule has 0 radical (unpaired) electrons. The SMILES string of the molecule is O=C(Nc1cc2c(cc1Br)OCCO2)c1cccc(N2C(=O)CCC2=O)c1. The van der Waals surface area contributed by atoms with Crippen LogP contribution >= 0.6 is 15.9 Å². The lowest BCUT2D eigenvalue weighted by Crippen LogP contribution is -2.28. The number of hydrogen-bond acceptors (Lipinski definition) is 5. The van der Waals surface area contributed by atoms with Crippen molar-refractivity contribution in [2.75, 3.05) is 23.4 Å². The van der Waals surface area contributed by atoms with E-state index < -0.39 is 0 Å². The van der Waals surface area contributed by atoms with Crippen LogP contribution in [0.2, 0.25) is 0 Å². The van der Waals surface area contributed by atoms with Crippen LogP contribution in [0.1, 0.15) is 23.2 Å². The molecule has 138 valence electrons. The van der Waals surface area contributed by atoms with E-state index in [1.54, 1.807) is 30.3 Å². The molecule has 1 fully saturated rings. The second-order valence-corrected chi connectivity index (χ2v) is 6.96. The third kappa shape index (κ3) is 3.40. The van der Waals surface area contributed by atoms with Crippen molar-refractivity contribution in [2.24, 2.45) is 0 Å². The summed E-state index contributed by atoms with van der Waals surface area (Å²) in [6.45, 7) is 0.924. The Labute approximate surface area is 163 Å². The van der Waals surface area contributed by atoms with E-state index in [1.165, 1.54) is 6.07 Å². The highest BCUT2D eigenvalue weighted by molar-refractivity contribution is 9.10. The van der Waals surface area contributed by atoms with Gasteiger partial charge in [-0.25, -0.2) is 0 Å². The fourth-order valence-electron chi connectivity index (χ4n) is 3.01. The largest absolute Gasteiger partial charge is 0.486 e. The van der Waals surface area contributed by atoms with Crippen LogP contribution in [0.3, 0.4) is 0 Å². The van der Waals surface area contributed by atoms with E-state index in [-0.39, 0.29) is 30.6 Å². The monoisotopic (exact) mass is 430 g/mol. The van der Waals surface area contributed by atoms with Gasteiger partial charge in [0.05, 0.1) is 11.4 Å². The Morgan fingerprint density at radius 1 is 1.00 bits per heavy atom. The number of fused-ring (bicyclic) bond motifs is 1. The lowest BCUT2D eigenvalue weighted by molar-refractivity contribution is -0.121. The summed E-state index contributed by atoms with van der Waals surface area (Å²) in [5.74, 6) is 0.286. The molecule has 3 amide bonds. The molecule has 1 saturated heterocycles. The van der Waals surface area contributed by atoms with Crippen molar-refractivity contribution < 1.29 is 23.9 Å². The first-order chi connectivity index (χ1) is 13.0. The topological polar surface area (TPSA) is 84.9 Å². The molecule has 8 heteroatoms. The van der Waals surface area contributed by atoms with Crippen LogP contribution in [0.4, 0.5) is 11.4 Å². The van der Waals surface area contributed by atoms with Crippen molar-refractivity contribution in [3.8, 4) is 11.5 Å². The van der Waals surface area contributed by atoms with Crippen LogP contribution in [0, 0.1) is 0 Å². The van der Waals surface area contributed by atoms with Gasteiger partial charge in [0, 0.05) is 35.0 Å². The van der Waals surface area contributed by atoms with E-state index in [2.05, 4.69) is 21.2 Å². The summed E-state index contributed by atoms with van der Waals surface area (Å²) < 4.78 is 11.7. The van der Waals surface area contributed by atoms with Gasteiger partial charge in [0.1, 0.15) is 13.2 Å². The standard InChI is InChI=1S/C19H15BrN2O5/c20-13-9-15-16(27-7-6-26-15)10-14(13)21-19(25)11-2-1-3-12(8-11)22-17(23)4-5-18(22)24/h1-3,8-10H,4-7H2,(H,21,25). The fraction of sp³-hybridized carbons (Fsp3) is 0.211. The van der Waals surface area contributed by atoms with Gasteiger partial charge in [-0.3, -0.25) is 19.3 Å². The summed E-state index contributed by atoms with van der Waals surface area (Å²) in [7, 11) is 0. The molecule has 2 aromatic carbocycles. The number of benzene rings is 2. The number of hydrogen-bond donors (Lipinski definition) is 1. The smallest absolute Gasteiger partial charge is 0.255 e. The maximum absolute atomic E-state index is 12.7. The van der Waals surface area contributed by atoms with Crippen LogP contribution in [-0.4, -0.2) is 30.9 Å². The number of ether oxygens (including phenoxy) is 2. The molecule has 0 aliphatic carbocycles. The molecular weight excluding hydrogens is 416 g/mol. The maximum Gasteiger partial charge on any atom is 0.255 e. The Morgan fingerprint density at radius 3 is 2.37 bits per heavy atom. The van der Waals surface area contributed by atoms with Crippen LogP contribution < -0.4 is 19.7 Å². The molecule has 0 spiro atoms. The second kappa shape index (κ2) is 7.03. The van der Waals surface area contributed by atoms with Gasteiger partial charge in [0.25, 0.3) is 5.91 Å². The number of nitrogens with one attached hydrogen (secondary N) is 1. The molecule has 1 N–H and O–H groups in total. The van der Waals surface area contributed by atoms with E-state index in [4.69, 9.17) is 9.47 Å². The van der Waals surface area contributed by atoms with Crippen molar-refractivity contribution in [1.29, 1.82) is 0 Å². The molecule has 2 aromatic rings. The first kappa shape index (κ1) is 17.5.